The van der Waals surface area contributed by atoms with Crippen molar-refractivity contribution >= 4 is 16.4 Å². The maximum absolute atomic E-state index is 12.9. The number of allylic oxidation sites excluding steroid dienone is 16. The van der Waals surface area contributed by atoms with Crippen LogP contribution in [-0.4, -0.2) is 97.5 Å². The molecule has 69 heavy (non-hydrogen) atoms. The first-order valence-corrected chi connectivity index (χ1v) is 27.9. The fraction of sp³-hybridized carbons (Fsp3) is 0.696. The molecule has 0 spiro atoms. The summed E-state index contributed by atoms with van der Waals surface area (Å²) in [5.74, 6) is -0.418. The SMILES string of the molecule is CC/C=C\C/C=C\C/C=C\C/C=C\C/C=C\C/C=C\CCCCCCCOCC(COC1OC(CO)C(O)C(OS(=O)(=O)O)C1O)OC(=O)CCCCCCCCC/C=C\C/C=C\CCCCCC. The zero-order chi connectivity index (χ0) is 50.3. The van der Waals surface area contributed by atoms with Crippen molar-refractivity contribution in [1.82, 2.24) is 0 Å². The molecular formula is C56H94O12S. The molecule has 396 valence electrons. The summed E-state index contributed by atoms with van der Waals surface area (Å²) < 4.78 is 59.3. The van der Waals surface area contributed by atoms with E-state index in [2.05, 4.69) is 115 Å². The molecule has 0 aliphatic carbocycles. The van der Waals surface area contributed by atoms with Gasteiger partial charge in [0.1, 0.15) is 30.5 Å². The standard InChI is InChI=1S/C56H94O12S/c1-3-5-7-9-11-13-15-17-19-21-23-24-25-26-27-28-30-32-34-36-38-40-42-44-46-64-48-50(49-65-56-54(60)55(68-69(61,62)63)53(59)51(47-57)67-56)66-52(58)45-43-41-39-37-35-33-31-29-22-20-18-16-14-12-10-8-6-4-2/h5,7,11,13-14,16-17,19-20,22-24,26-27,30,32,50-51,53-57,59-60H,3-4,6,8-10,12,15,18,21,25,28-29,31,33-49H2,1-2H3,(H,61,62,63)/b7-5-,13-11-,16-14-,19-17-,22-20-,24-23-,27-26-,32-30-. The Morgan fingerprint density at radius 3 is 1.46 bits per heavy atom. The second-order valence-corrected chi connectivity index (χ2v) is 18.8. The number of rotatable bonds is 45. The molecule has 1 fully saturated rings. The molecular weight excluding hydrogens is 897 g/mol. The van der Waals surface area contributed by atoms with Crippen LogP contribution >= 0.6 is 0 Å². The van der Waals surface area contributed by atoms with E-state index < -0.39 is 59.8 Å². The van der Waals surface area contributed by atoms with Gasteiger partial charge in [0.05, 0.1) is 19.8 Å². The second-order valence-electron chi connectivity index (χ2n) is 17.7. The molecule has 0 saturated carbocycles. The van der Waals surface area contributed by atoms with Gasteiger partial charge in [-0.15, -0.1) is 0 Å². The molecule has 0 radical (unpaired) electrons. The van der Waals surface area contributed by atoms with E-state index in [-0.39, 0.29) is 19.6 Å². The van der Waals surface area contributed by atoms with Crippen LogP contribution in [0.5, 0.6) is 0 Å². The van der Waals surface area contributed by atoms with Crippen molar-refractivity contribution in [3.8, 4) is 0 Å². The number of aliphatic hydroxyl groups is 3. The van der Waals surface area contributed by atoms with Gasteiger partial charge in [-0.1, -0.05) is 182 Å². The first-order valence-electron chi connectivity index (χ1n) is 26.5. The van der Waals surface area contributed by atoms with Gasteiger partial charge in [0.2, 0.25) is 0 Å². The quantitative estimate of drug-likeness (QED) is 0.0197. The van der Waals surface area contributed by atoms with E-state index in [0.29, 0.717) is 13.0 Å². The maximum atomic E-state index is 12.9. The molecule has 1 rings (SSSR count). The number of esters is 1. The lowest BCUT2D eigenvalue weighted by molar-refractivity contribution is -0.301. The largest absolute Gasteiger partial charge is 0.457 e. The molecule has 1 aliphatic rings. The Bertz CT molecular complexity index is 1570. The van der Waals surface area contributed by atoms with Crippen LogP contribution in [0.25, 0.3) is 0 Å². The smallest absolute Gasteiger partial charge is 0.397 e. The Morgan fingerprint density at radius 2 is 1.00 bits per heavy atom. The summed E-state index contributed by atoms with van der Waals surface area (Å²) in [4.78, 5) is 12.9. The first-order chi connectivity index (χ1) is 33.6. The molecule has 0 bridgehead atoms. The highest BCUT2D eigenvalue weighted by Crippen LogP contribution is 2.26. The minimum Gasteiger partial charge on any atom is -0.457 e. The molecule has 1 aliphatic heterocycles. The van der Waals surface area contributed by atoms with Crippen LogP contribution in [-0.2, 0) is 38.3 Å². The van der Waals surface area contributed by atoms with Crippen molar-refractivity contribution in [2.24, 2.45) is 0 Å². The zero-order valence-electron chi connectivity index (χ0n) is 42.6. The van der Waals surface area contributed by atoms with Crippen molar-refractivity contribution in [1.29, 1.82) is 0 Å². The molecule has 0 amide bonds. The van der Waals surface area contributed by atoms with Crippen molar-refractivity contribution in [3.05, 3.63) is 97.2 Å². The van der Waals surface area contributed by atoms with E-state index in [1.54, 1.807) is 0 Å². The Morgan fingerprint density at radius 1 is 0.565 bits per heavy atom. The Labute approximate surface area is 418 Å². The van der Waals surface area contributed by atoms with E-state index in [1.807, 2.05) is 0 Å². The maximum Gasteiger partial charge on any atom is 0.397 e. The van der Waals surface area contributed by atoms with Crippen molar-refractivity contribution in [3.63, 3.8) is 0 Å². The third kappa shape index (κ3) is 39.3. The lowest BCUT2D eigenvalue weighted by Gasteiger charge is -2.41. The van der Waals surface area contributed by atoms with Crippen LogP contribution in [0.15, 0.2) is 97.2 Å². The predicted molar refractivity (Wildman–Crippen MR) is 280 cm³/mol. The van der Waals surface area contributed by atoms with Gasteiger partial charge < -0.3 is 34.3 Å². The van der Waals surface area contributed by atoms with Crippen molar-refractivity contribution < 1.29 is 56.2 Å². The summed E-state index contributed by atoms with van der Waals surface area (Å²) >= 11 is 0. The Kier molecular flexibility index (Phi) is 42.8. The highest BCUT2D eigenvalue weighted by Gasteiger charge is 2.48. The summed E-state index contributed by atoms with van der Waals surface area (Å²) in [6.45, 7) is 3.80. The molecule has 4 N–H and O–H groups in total. The van der Waals surface area contributed by atoms with Crippen molar-refractivity contribution in [2.75, 3.05) is 26.4 Å². The summed E-state index contributed by atoms with van der Waals surface area (Å²) in [6, 6.07) is 0. The fourth-order valence-corrected chi connectivity index (χ4v) is 7.98. The minimum absolute atomic E-state index is 0.0131. The van der Waals surface area contributed by atoms with E-state index in [4.69, 9.17) is 18.9 Å². The Hall–Kier alpha value is -2.98. The van der Waals surface area contributed by atoms with Gasteiger partial charge in [0, 0.05) is 13.0 Å². The third-order valence-corrected chi connectivity index (χ3v) is 11.9. The van der Waals surface area contributed by atoms with Gasteiger partial charge in [-0.3, -0.25) is 9.35 Å². The lowest BCUT2D eigenvalue weighted by atomic mass is 9.99. The summed E-state index contributed by atoms with van der Waals surface area (Å²) in [6.07, 6.45) is 54.3. The topological polar surface area (TPSA) is 178 Å². The number of aliphatic hydroxyl groups excluding tert-OH is 3. The zero-order valence-corrected chi connectivity index (χ0v) is 43.4. The molecule has 0 aromatic carbocycles. The van der Waals surface area contributed by atoms with Gasteiger partial charge >= 0.3 is 16.4 Å². The number of ether oxygens (including phenoxy) is 4. The number of hydrogen-bond donors (Lipinski definition) is 4. The molecule has 0 aromatic heterocycles. The number of hydrogen-bond acceptors (Lipinski definition) is 11. The molecule has 0 aromatic rings. The monoisotopic (exact) mass is 991 g/mol. The van der Waals surface area contributed by atoms with Crippen LogP contribution in [0.3, 0.4) is 0 Å². The highest BCUT2D eigenvalue weighted by atomic mass is 32.3. The normalized spacial score (nSPS) is 20.0. The number of unbranched alkanes of at least 4 members (excludes halogenated alkanes) is 16. The summed E-state index contributed by atoms with van der Waals surface area (Å²) in [7, 11) is -5.08. The van der Waals surface area contributed by atoms with Gasteiger partial charge in [-0.05, 0) is 96.3 Å². The van der Waals surface area contributed by atoms with E-state index in [0.717, 1.165) is 116 Å². The molecule has 1 saturated heterocycles. The van der Waals surface area contributed by atoms with Crippen molar-refractivity contribution in [2.45, 2.75) is 224 Å². The van der Waals surface area contributed by atoms with E-state index in [1.165, 1.54) is 44.9 Å². The first kappa shape index (κ1) is 64.0. The number of carbonyl (C=O) groups is 1. The third-order valence-electron chi connectivity index (χ3n) is 11.4. The van der Waals surface area contributed by atoms with Crippen LogP contribution in [0.4, 0.5) is 0 Å². The fourth-order valence-electron chi connectivity index (χ4n) is 7.47. The summed E-state index contributed by atoms with van der Waals surface area (Å²) in [5.41, 5.74) is 0. The van der Waals surface area contributed by atoms with Gasteiger partial charge in [0.25, 0.3) is 0 Å². The van der Waals surface area contributed by atoms with Crippen LogP contribution in [0, 0.1) is 0 Å². The van der Waals surface area contributed by atoms with E-state index in [9.17, 15) is 33.1 Å². The molecule has 6 unspecified atom stereocenters. The minimum atomic E-state index is -5.08. The van der Waals surface area contributed by atoms with Crippen LogP contribution in [0.1, 0.15) is 187 Å². The molecule has 1 heterocycles. The predicted octanol–water partition coefficient (Wildman–Crippen LogP) is 12.6. The number of carbonyl (C=O) groups excluding carboxylic acids is 1. The van der Waals surface area contributed by atoms with E-state index >= 15 is 0 Å². The average Bonchev–Trinajstić information content (AvgIpc) is 3.32. The Balaban J connectivity index is 2.38. The highest BCUT2D eigenvalue weighted by molar-refractivity contribution is 7.80. The molecule has 13 heteroatoms. The lowest BCUT2D eigenvalue weighted by Crippen LogP contribution is -2.60. The summed E-state index contributed by atoms with van der Waals surface area (Å²) in [5, 5.41) is 30.8. The molecule has 6 atom stereocenters. The van der Waals surface area contributed by atoms with Gasteiger partial charge in [-0.2, -0.15) is 8.42 Å². The van der Waals surface area contributed by atoms with Gasteiger partial charge in [0.15, 0.2) is 6.29 Å². The van der Waals surface area contributed by atoms with Gasteiger partial charge in [-0.25, -0.2) is 4.18 Å². The van der Waals surface area contributed by atoms with Crippen LogP contribution in [0.2, 0.25) is 0 Å². The average molecular weight is 991 g/mol. The molecule has 12 nitrogen and oxygen atoms in total. The van der Waals surface area contributed by atoms with Crippen LogP contribution < -0.4 is 0 Å². The second kappa shape index (κ2) is 46.1.